The van der Waals surface area contributed by atoms with Crippen LogP contribution in [-0.4, -0.2) is 35.5 Å². The van der Waals surface area contributed by atoms with E-state index in [1.165, 1.54) is 12.8 Å². The van der Waals surface area contributed by atoms with Crippen molar-refractivity contribution in [2.45, 2.75) is 19.3 Å². The van der Waals surface area contributed by atoms with Gasteiger partial charge in [-0.1, -0.05) is 29.3 Å². The zero-order valence-corrected chi connectivity index (χ0v) is 14.6. The molecule has 1 aliphatic heterocycles. The summed E-state index contributed by atoms with van der Waals surface area (Å²) in [6.07, 6.45) is 6.11. The molecule has 1 N–H and O–H groups in total. The molecule has 2 aromatic rings. The highest BCUT2D eigenvalue weighted by atomic mass is 35.5. The van der Waals surface area contributed by atoms with E-state index in [1.54, 1.807) is 24.5 Å². The van der Waals surface area contributed by atoms with Crippen LogP contribution in [0.2, 0.25) is 10.0 Å². The molecule has 0 aliphatic carbocycles. The summed E-state index contributed by atoms with van der Waals surface area (Å²) >= 11 is 12.0. The van der Waals surface area contributed by atoms with Crippen molar-refractivity contribution < 1.29 is 4.79 Å². The Morgan fingerprint density at radius 3 is 2.54 bits per heavy atom. The second-order valence-corrected chi connectivity index (χ2v) is 6.55. The molecule has 0 atom stereocenters. The van der Waals surface area contributed by atoms with Gasteiger partial charge in [-0.3, -0.25) is 4.79 Å². The highest BCUT2D eigenvalue weighted by Gasteiger charge is 2.15. The van der Waals surface area contributed by atoms with Crippen LogP contribution in [0.3, 0.4) is 0 Å². The molecule has 0 saturated carbocycles. The highest BCUT2D eigenvalue weighted by Crippen LogP contribution is 2.21. The lowest BCUT2D eigenvalue weighted by atomic mass is 10.1. The van der Waals surface area contributed by atoms with Gasteiger partial charge in [0.1, 0.15) is 0 Å². The van der Waals surface area contributed by atoms with E-state index in [-0.39, 0.29) is 5.91 Å². The smallest absolute Gasteiger partial charge is 0.254 e. The van der Waals surface area contributed by atoms with E-state index in [9.17, 15) is 4.79 Å². The number of anilines is 1. The van der Waals surface area contributed by atoms with Crippen molar-refractivity contribution >= 4 is 35.1 Å². The van der Waals surface area contributed by atoms with Gasteiger partial charge >= 0.3 is 0 Å². The summed E-state index contributed by atoms with van der Waals surface area (Å²) in [6.45, 7) is 2.44. The molecule has 1 aromatic carbocycles. The van der Waals surface area contributed by atoms with Gasteiger partial charge in [0, 0.05) is 42.1 Å². The second kappa shape index (κ2) is 7.81. The molecule has 1 aromatic heterocycles. The zero-order chi connectivity index (χ0) is 16.9. The number of carbonyl (C=O) groups is 1. The first-order valence-electron chi connectivity index (χ1n) is 7.92. The number of benzene rings is 1. The van der Waals surface area contributed by atoms with Crippen LogP contribution in [0.5, 0.6) is 0 Å². The zero-order valence-electron chi connectivity index (χ0n) is 13.1. The average Bonchev–Trinajstić information content (AvgIpc) is 3.11. The Hall–Kier alpha value is -1.85. The van der Waals surface area contributed by atoms with Crippen molar-refractivity contribution in [2.24, 2.45) is 0 Å². The number of nitrogens with one attached hydrogen (secondary N) is 1. The van der Waals surface area contributed by atoms with Crippen LogP contribution in [0.25, 0.3) is 0 Å². The van der Waals surface area contributed by atoms with E-state index in [2.05, 4.69) is 20.2 Å². The Labute approximate surface area is 151 Å². The lowest BCUT2D eigenvalue weighted by molar-refractivity contribution is 0.0953. The number of hydrogen-bond donors (Lipinski definition) is 1. The highest BCUT2D eigenvalue weighted by molar-refractivity contribution is 6.35. The largest absolute Gasteiger partial charge is 0.352 e. The minimum Gasteiger partial charge on any atom is -0.352 e. The SMILES string of the molecule is O=C(NCCc1ccc(Cl)cc1Cl)c1cnc(N2CCCC2)nc1. The molecule has 2 heterocycles. The van der Waals surface area contributed by atoms with E-state index < -0.39 is 0 Å². The van der Waals surface area contributed by atoms with E-state index in [0.29, 0.717) is 34.5 Å². The Kier molecular flexibility index (Phi) is 5.53. The molecule has 1 amide bonds. The molecule has 0 unspecified atom stereocenters. The first-order valence-corrected chi connectivity index (χ1v) is 8.68. The van der Waals surface area contributed by atoms with Crippen molar-refractivity contribution in [3.05, 3.63) is 51.8 Å². The fourth-order valence-corrected chi connectivity index (χ4v) is 3.16. The Bertz CT molecular complexity index is 715. The summed E-state index contributed by atoms with van der Waals surface area (Å²) in [4.78, 5) is 22.9. The maximum atomic E-state index is 12.1. The van der Waals surface area contributed by atoms with Crippen LogP contribution in [0.15, 0.2) is 30.6 Å². The van der Waals surface area contributed by atoms with Crippen LogP contribution in [0.4, 0.5) is 5.95 Å². The number of hydrogen-bond acceptors (Lipinski definition) is 4. The van der Waals surface area contributed by atoms with Crippen LogP contribution in [-0.2, 0) is 6.42 Å². The summed E-state index contributed by atoms with van der Waals surface area (Å²) < 4.78 is 0. The van der Waals surface area contributed by atoms with Gasteiger partial charge in [-0.25, -0.2) is 9.97 Å². The number of halogens is 2. The van der Waals surface area contributed by atoms with Crippen LogP contribution in [0.1, 0.15) is 28.8 Å². The summed E-state index contributed by atoms with van der Waals surface area (Å²) in [5.41, 5.74) is 1.40. The van der Waals surface area contributed by atoms with Crippen molar-refractivity contribution in [1.29, 1.82) is 0 Å². The number of rotatable bonds is 5. The van der Waals surface area contributed by atoms with Crippen LogP contribution < -0.4 is 10.2 Å². The van der Waals surface area contributed by atoms with E-state index in [1.807, 2.05) is 6.07 Å². The predicted molar refractivity (Wildman–Crippen MR) is 96.0 cm³/mol. The second-order valence-electron chi connectivity index (χ2n) is 5.71. The molecule has 7 heteroatoms. The molecule has 1 aliphatic rings. The molecule has 0 spiro atoms. The van der Waals surface area contributed by atoms with Gasteiger partial charge in [0.15, 0.2) is 0 Å². The Morgan fingerprint density at radius 1 is 1.17 bits per heavy atom. The van der Waals surface area contributed by atoms with Gasteiger partial charge < -0.3 is 10.2 Å². The first kappa shape index (κ1) is 17.0. The quantitative estimate of drug-likeness (QED) is 0.883. The maximum absolute atomic E-state index is 12.1. The lowest BCUT2D eigenvalue weighted by Crippen LogP contribution is -2.26. The van der Waals surface area contributed by atoms with Crippen molar-refractivity contribution in [3.63, 3.8) is 0 Å². The van der Waals surface area contributed by atoms with Gasteiger partial charge in [-0.05, 0) is 37.0 Å². The topological polar surface area (TPSA) is 58.1 Å². The van der Waals surface area contributed by atoms with E-state index in [4.69, 9.17) is 23.2 Å². The summed E-state index contributed by atoms with van der Waals surface area (Å²) in [6, 6.07) is 5.35. The van der Waals surface area contributed by atoms with E-state index in [0.717, 1.165) is 18.7 Å². The standard InChI is InChI=1S/C17H18Cl2N4O/c18-14-4-3-12(15(19)9-14)5-6-20-16(24)13-10-21-17(22-11-13)23-7-1-2-8-23/h3-4,9-11H,1-2,5-8H2,(H,20,24). The first-order chi connectivity index (χ1) is 11.6. The molecule has 126 valence electrons. The average molecular weight is 365 g/mol. The van der Waals surface area contributed by atoms with Crippen molar-refractivity contribution in [1.82, 2.24) is 15.3 Å². The summed E-state index contributed by atoms with van der Waals surface area (Å²) in [5.74, 6) is 0.505. The summed E-state index contributed by atoms with van der Waals surface area (Å²) in [5, 5.41) is 4.06. The number of amides is 1. The molecule has 0 radical (unpaired) electrons. The lowest BCUT2D eigenvalue weighted by Gasteiger charge is -2.14. The van der Waals surface area contributed by atoms with Crippen molar-refractivity contribution in [3.8, 4) is 0 Å². The molecular formula is C17H18Cl2N4O. The third kappa shape index (κ3) is 4.16. The monoisotopic (exact) mass is 364 g/mol. The molecule has 1 fully saturated rings. The van der Waals surface area contributed by atoms with Crippen LogP contribution in [0, 0.1) is 0 Å². The van der Waals surface area contributed by atoms with Gasteiger partial charge in [0.2, 0.25) is 5.95 Å². The minimum absolute atomic E-state index is 0.187. The summed E-state index contributed by atoms with van der Waals surface area (Å²) in [7, 11) is 0. The van der Waals surface area contributed by atoms with Crippen molar-refractivity contribution in [2.75, 3.05) is 24.5 Å². The normalized spacial score (nSPS) is 14.0. The van der Waals surface area contributed by atoms with Crippen LogP contribution >= 0.6 is 23.2 Å². The third-order valence-electron chi connectivity index (χ3n) is 3.98. The minimum atomic E-state index is -0.187. The Morgan fingerprint density at radius 2 is 1.88 bits per heavy atom. The fourth-order valence-electron chi connectivity index (χ4n) is 2.66. The maximum Gasteiger partial charge on any atom is 0.254 e. The number of nitrogens with zero attached hydrogens (tertiary/aromatic N) is 3. The molecule has 0 bridgehead atoms. The molecule has 3 rings (SSSR count). The Balaban J connectivity index is 1.53. The van der Waals surface area contributed by atoms with E-state index >= 15 is 0 Å². The van der Waals surface area contributed by atoms with Gasteiger partial charge in [-0.15, -0.1) is 0 Å². The predicted octanol–water partition coefficient (Wildman–Crippen LogP) is 3.36. The molecule has 1 saturated heterocycles. The molecular weight excluding hydrogens is 347 g/mol. The van der Waals surface area contributed by atoms with Gasteiger partial charge in [-0.2, -0.15) is 0 Å². The third-order valence-corrected chi connectivity index (χ3v) is 4.57. The van der Waals surface area contributed by atoms with Gasteiger partial charge in [0.25, 0.3) is 5.91 Å². The molecule has 24 heavy (non-hydrogen) atoms. The fraction of sp³-hybridized carbons (Fsp3) is 0.353. The molecule has 5 nitrogen and oxygen atoms in total. The number of carbonyl (C=O) groups excluding carboxylic acids is 1. The number of aromatic nitrogens is 2. The van der Waals surface area contributed by atoms with Gasteiger partial charge in [0.05, 0.1) is 5.56 Å².